The van der Waals surface area contributed by atoms with Gasteiger partial charge in [0.25, 0.3) is 0 Å². The van der Waals surface area contributed by atoms with Crippen LogP contribution >= 0.6 is 0 Å². The van der Waals surface area contributed by atoms with Gasteiger partial charge in [-0.15, -0.1) is 0 Å². The lowest BCUT2D eigenvalue weighted by atomic mass is 9.79. The van der Waals surface area contributed by atoms with Gasteiger partial charge in [-0.1, -0.05) is 38.8 Å². The minimum atomic E-state index is -0.820. The molecule has 158 valence electrons. The summed E-state index contributed by atoms with van der Waals surface area (Å²) >= 11 is 0. The van der Waals surface area contributed by atoms with E-state index < -0.39 is 11.4 Å². The number of carbonyl (C=O) groups is 3. The Morgan fingerprint density at radius 3 is 2.17 bits per heavy atom. The van der Waals surface area contributed by atoms with Gasteiger partial charge in [0.05, 0.1) is 5.41 Å². The average molecular weight is 411 g/mol. The predicted molar refractivity (Wildman–Crippen MR) is 112 cm³/mol. The first-order valence-electron chi connectivity index (χ1n) is 10.2. The molecular formula is C24H26FNO4. The molecule has 0 spiro atoms. The van der Waals surface area contributed by atoms with E-state index in [1.54, 1.807) is 50.2 Å². The molecule has 2 aromatic rings. The van der Waals surface area contributed by atoms with Crippen LogP contribution in [0.25, 0.3) is 0 Å². The lowest BCUT2D eigenvalue weighted by molar-refractivity contribution is -0.149. The van der Waals surface area contributed by atoms with E-state index in [1.165, 1.54) is 12.1 Å². The van der Waals surface area contributed by atoms with E-state index in [4.69, 9.17) is 4.74 Å². The van der Waals surface area contributed by atoms with E-state index in [0.717, 1.165) is 18.4 Å². The monoisotopic (exact) mass is 411 g/mol. The molecule has 2 aromatic carbocycles. The van der Waals surface area contributed by atoms with Gasteiger partial charge in [-0.2, -0.15) is 0 Å². The van der Waals surface area contributed by atoms with Crippen LogP contribution in [0.15, 0.2) is 48.5 Å². The molecular weight excluding hydrogens is 385 g/mol. The number of ether oxygens (including phenoxy) is 1. The van der Waals surface area contributed by atoms with Crippen LogP contribution < -0.4 is 5.32 Å². The van der Waals surface area contributed by atoms with Gasteiger partial charge in [0.15, 0.2) is 12.4 Å². The Hall–Kier alpha value is -3.02. The number of Topliss-reactive ketones (excluding diaryl/α,β-unsaturated/α-hetero) is 1. The molecule has 1 fully saturated rings. The van der Waals surface area contributed by atoms with Crippen molar-refractivity contribution in [1.29, 1.82) is 0 Å². The van der Waals surface area contributed by atoms with Crippen LogP contribution in [-0.2, 0) is 19.7 Å². The summed E-state index contributed by atoms with van der Waals surface area (Å²) in [4.78, 5) is 37.1. The van der Waals surface area contributed by atoms with Crippen molar-refractivity contribution in [3.8, 4) is 0 Å². The number of rotatable bonds is 7. The number of hydrogen-bond donors (Lipinski definition) is 1. The van der Waals surface area contributed by atoms with Crippen molar-refractivity contribution in [1.82, 2.24) is 0 Å². The number of esters is 1. The van der Waals surface area contributed by atoms with E-state index in [0.29, 0.717) is 24.1 Å². The number of benzene rings is 2. The quantitative estimate of drug-likeness (QED) is 0.531. The fraction of sp³-hybridized carbons (Fsp3) is 0.375. The van der Waals surface area contributed by atoms with Gasteiger partial charge >= 0.3 is 5.97 Å². The first kappa shape index (κ1) is 21.7. The normalized spacial score (nSPS) is 15.1. The van der Waals surface area contributed by atoms with Gasteiger partial charge in [0.2, 0.25) is 5.91 Å². The fourth-order valence-corrected chi connectivity index (χ4v) is 3.74. The summed E-state index contributed by atoms with van der Waals surface area (Å²) < 4.78 is 18.7. The number of carbonyl (C=O) groups excluding carboxylic acids is 3. The van der Waals surface area contributed by atoms with Crippen molar-refractivity contribution in [3.05, 3.63) is 65.5 Å². The topological polar surface area (TPSA) is 72.5 Å². The lowest BCUT2D eigenvalue weighted by Gasteiger charge is -2.27. The highest BCUT2D eigenvalue weighted by Gasteiger charge is 2.44. The molecule has 1 saturated carbocycles. The maximum Gasteiger partial charge on any atom is 0.317 e. The highest BCUT2D eigenvalue weighted by atomic mass is 19.1. The summed E-state index contributed by atoms with van der Waals surface area (Å²) in [6.07, 6.45) is 3.00. The average Bonchev–Trinajstić information content (AvgIpc) is 3.24. The molecule has 0 heterocycles. The van der Waals surface area contributed by atoms with Crippen LogP contribution in [0.5, 0.6) is 0 Å². The fourth-order valence-electron chi connectivity index (χ4n) is 3.74. The minimum absolute atomic E-state index is 0.106. The van der Waals surface area contributed by atoms with Gasteiger partial charge < -0.3 is 10.1 Å². The van der Waals surface area contributed by atoms with Gasteiger partial charge in [-0.25, -0.2) is 4.39 Å². The standard InChI is InChI=1S/C24H26FNO4/c1-16(2)22(28)26-20-11-5-17(6-12-20)21(27)15-30-23(29)24(13-3-4-14-24)18-7-9-19(25)10-8-18/h5-12,16H,3-4,13-15H2,1-2H3,(H,26,28). The zero-order valence-electron chi connectivity index (χ0n) is 17.2. The number of halogens is 1. The lowest BCUT2D eigenvalue weighted by Crippen LogP contribution is -2.35. The van der Waals surface area contributed by atoms with E-state index in [2.05, 4.69) is 5.32 Å². The molecule has 0 saturated heterocycles. The van der Waals surface area contributed by atoms with Gasteiger partial charge in [0, 0.05) is 17.2 Å². The van der Waals surface area contributed by atoms with Crippen molar-refractivity contribution < 1.29 is 23.5 Å². The van der Waals surface area contributed by atoms with E-state index >= 15 is 0 Å². The third kappa shape index (κ3) is 4.75. The summed E-state index contributed by atoms with van der Waals surface area (Å²) in [7, 11) is 0. The molecule has 0 aromatic heterocycles. The Morgan fingerprint density at radius 1 is 1.00 bits per heavy atom. The SMILES string of the molecule is CC(C)C(=O)Nc1ccc(C(=O)COC(=O)C2(c3ccc(F)cc3)CCCC2)cc1. The van der Waals surface area contributed by atoms with Crippen LogP contribution in [0.4, 0.5) is 10.1 Å². The molecule has 0 unspecified atom stereocenters. The van der Waals surface area contributed by atoms with E-state index in [9.17, 15) is 18.8 Å². The van der Waals surface area contributed by atoms with Crippen LogP contribution in [0.2, 0.25) is 0 Å². The first-order valence-corrected chi connectivity index (χ1v) is 10.2. The van der Waals surface area contributed by atoms with Crippen LogP contribution in [-0.4, -0.2) is 24.3 Å². The molecule has 1 amide bonds. The predicted octanol–water partition coefficient (Wildman–Crippen LogP) is 4.66. The van der Waals surface area contributed by atoms with Crippen molar-refractivity contribution in [2.24, 2.45) is 5.92 Å². The van der Waals surface area contributed by atoms with Gasteiger partial charge in [0.1, 0.15) is 5.82 Å². The van der Waals surface area contributed by atoms with Crippen LogP contribution in [0, 0.1) is 11.7 Å². The van der Waals surface area contributed by atoms with E-state index in [-0.39, 0.29) is 30.0 Å². The smallest absolute Gasteiger partial charge is 0.317 e. The highest BCUT2D eigenvalue weighted by Crippen LogP contribution is 2.42. The largest absolute Gasteiger partial charge is 0.457 e. The molecule has 6 heteroatoms. The summed E-state index contributed by atoms with van der Waals surface area (Å²) in [5.41, 5.74) is 0.902. The zero-order valence-corrected chi connectivity index (χ0v) is 17.2. The molecule has 1 N–H and O–H groups in total. The second kappa shape index (κ2) is 9.20. The Morgan fingerprint density at radius 2 is 1.60 bits per heavy atom. The molecule has 0 bridgehead atoms. The number of anilines is 1. The summed E-state index contributed by atoms with van der Waals surface area (Å²) in [5, 5.41) is 2.76. The zero-order chi connectivity index (χ0) is 21.7. The Labute approximate surface area is 175 Å². The number of hydrogen-bond acceptors (Lipinski definition) is 4. The van der Waals surface area contributed by atoms with Crippen molar-refractivity contribution >= 4 is 23.3 Å². The Balaban J connectivity index is 1.64. The molecule has 1 aliphatic carbocycles. The Kier molecular flexibility index (Phi) is 6.65. The maximum atomic E-state index is 13.3. The highest BCUT2D eigenvalue weighted by molar-refractivity contribution is 5.99. The molecule has 1 aliphatic rings. The van der Waals surface area contributed by atoms with Gasteiger partial charge in [-0.05, 0) is 54.8 Å². The van der Waals surface area contributed by atoms with Gasteiger partial charge in [-0.3, -0.25) is 14.4 Å². The number of amides is 1. The second-order valence-electron chi connectivity index (χ2n) is 8.02. The van der Waals surface area contributed by atoms with Crippen LogP contribution in [0.3, 0.4) is 0 Å². The molecule has 5 nitrogen and oxygen atoms in total. The summed E-state index contributed by atoms with van der Waals surface area (Å²) in [5.74, 6) is -1.37. The van der Waals surface area contributed by atoms with Crippen LogP contribution in [0.1, 0.15) is 55.5 Å². The maximum absolute atomic E-state index is 13.3. The molecule has 0 radical (unpaired) electrons. The van der Waals surface area contributed by atoms with Crippen molar-refractivity contribution in [3.63, 3.8) is 0 Å². The number of ketones is 1. The first-order chi connectivity index (χ1) is 14.3. The van der Waals surface area contributed by atoms with E-state index in [1.807, 2.05) is 0 Å². The summed E-state index contributed by atoms with van der Waals surface area (Å²) in [6.45, 7) is 3.23. The molecule has 30 heavy (non-hydrogen) atoms. The third-order valence-corrected chi connectivity index (χ3v) is 5.58. The minimum Gasteiger partial charge on any atom is -0.457 e. The van der Waals surface area contributed by atoms with Crippen molar-refractivity contribution in [2.45, 2.75) is 44.9 Å². The number of nitrogens with one attached hydrogen (secondary N) is 1. The summed E-state index contributed by atoms with van der Waals surface area (Å²) in [6, 6.07) is 12.4. The van der Waals surface area contributed by atoms with Crippen molar-refractivity contribution in [2.75, 3.05) is 11.9 Å². The third-order valence-electron chi connectivity index (χ3n) is 5.58. The Bertz CT molecular complexity index is 913. The molecule has 3 rings (SSSR count). The second-order valence-corrected chi connectivity index (χ2v) is 8.02. The molecule has 0 aliphatic heterocycles. The molecule has 0 atom stereocenters.